The number of nitrogens with zero attached hydrogens (tertiary/aromatic N) is 3. The topological polar surface area (TPSA) is 30.7 Å². The smallest absolute Gasteiger partial charge is 0 e. The zero-order valence-electron chi connectivity index (χ0n) is 5.00. The number of aromatic nitrogens is 3. The Morgan fingerprint density at radius 2 is 2.25 bits per heavy atom. The summed E-state index contributed by atoms with van der Waals surface area (Å²) in [5, 5.41) is 7.01. The summed E-state index contributed by atoms with van der Waals surface area (Å²) in [7, 11) is 1.77. The van der Waals surface area contributed by atoms with Gasteiger partial charge in [-0.05, 0) is 7.05 Å². The minimum absolute atomic E-state index is 0. The van der Waals surface area contributed by atoms with E-state index >= 15 is 0 Å². The van der Waals surface area contributed by atoms with E-state index in [2.05, 4.69) is 16.5 Å². The van der Waals surface area contributed by atoms with E-state index in [-0.39, 0.29) is 40.1 Å². The first-order valence-corrected chi connectivity index (χ1v) is 1.62. The van der Waals surface area contributed by atoms with Crippen LogP contribution in [0.1, 0.15) is 0 Å². The van der Waals surface area contributed by atoms with Gasteiger partial charge in [-0.2, -0.15) is 5.10 Å². The van der Waals surface area contributed by atoms with Crippen molar-refractivity contribution in [2.45, 2.75) is 0 Å². The Morgan fingerprint density at radius 1 is 1.62 bits per heavy atom. The first-order valence-electron chi connectivity index (χ1n) is 1.62. The first-order chi connectivity index (χ1) is 2.89. The van der Waals surface area contributed by atoms with Crippen LogP contribution in [-0.2, 0) is 39.8 Å². The van der Waals surface area contributed by atoms with Crippen LogP contribution in [0.5, 0.6) is 0 Å². The van der Waals surface area contributed by atoms with Crippen molar-refractivity contribution in [1.82, 2.24) is 15.0 Å². The molecule has 0 unspecified atom stereocenters. The third-order valence-electron chi connectivity index (χ3n) is 0.488. The van der Waals surface area contributed by atoms with Crippen molar-refractivity contribution in [2.75, 3.05) is 0 Å². The largest absolute Gasteiger partial charge is 0.429 e. The molecule has 1 aromatic heterocycles. The third kappa shape index (κ3) is 3.27. The molecule has 0 saturated carbocycles. The van der Waals surface area contributed by atoms with Crippen LogP contribution >= 0.6 is 0 Å². The second-order valence-electron chi connectivity index (χ2n) is 0.987. The Morgan fingerprint density at radius 3 is 2.38 bits per heavy atom. The molecule has 1 rings (SSSR count). The molecule has 3 nitrogen and oxygen atoms in total. The molecule has 1 heterocycles. The van der Waals surface area contributed by atoms with E-state index < -0.39 is 0 Å². The predicted molar refractivity (Wildman–Crippen MR) is 26.3 cm³/mol. The first kappa shape index (κ1) is 11.1. The molecule has 0 N–H and O–H groups in total. The van der Waals surface area contributed by atoms with Crippen LogP contribution in [0.4, 0.5) is 0 Å². The van der Waals surface area contributed by atoms with Crippen molar-refractivity contribution in [3.63, 3.8) is 0 Å². The molecule has 1 radical (unpaired) electrons. The van der Waals surface area contributed by atoms with E-state index in [4.69, 9.17) is 0 Å². The molecule has 0 aromatic carbocycles. The van der Waals surface area contributed by atoms with Gasteiger partial charge in [0.2, 0.25) is 0 Å². The van der Waals surface area contributed by atoms with Crippen LogP contribution in [0.2, 0.25) is 0 Å². The number of rotatable bonds is 0. The van der Waals surface area contributed by atoms with Gasteiger partial charge in [-0.3, -0.25) is 0 Å². The Balaban J connectivity index is 0. The van der Waals surface area contributed by atoms with Gasteiger partial charge < -0.3 is 18.3 Å². The average Bonchev–Trinajstić information content (AvgIpc) is 1.86. The van der Waals surface area contributed by atoms with E-state index in [1.165, 1.54) is 10.9 Å². The Labute approximate surface area is 74.3 Å². The fourth-order valence-corrected chi connectivity index (χ4v) is 0.238. The van der Waals surface area contributed by atoms with Crippen molar-refractivity contribution >= 4 is 0 Å². The third-order valence-corrected chi connectivity index (χ3v) is 0.488. The summed E-state index contributed by atoms with van der Waals surface area (Å²) in [6.07, 6.45) is 4.21. The molecule has 4 heteroatoms. The molecule has 0 amide bonds. The van der Waals surface area contributed by atoms with Crippen LogP contribution in [-0.4, -0.2) is 15.0 Å². The van der Waals surface area contributed by atoms with Crippen LogP contribution in [0.25, 0.3) is 0 Å². The Hall–Kier alpha value is 0.244. The number of hydrogen-bond acceptors (Lipinski definition) is 2. The zero-order valence-corrected chi connectivity index (χ0v) is 7.83. The quantitative estimate of drug-likeness (QED) is 0.536. The Kier molecular flexibility index (Phi) is 7.46. The van der Waals surface area contributed by atoms with Crippen molar-refractivity contribution in [1.29, 1.82) is 0 Å². The molecule has 0 fully saturated rings. The average molecular weight is 186 g/mol. The van der Waals surface area contributed by atoms with E-state index in [0.717, 1.165) is 0 Å². The van der Waals surface area contributed by atoms with E-state index in [1.807, 2.05) is 0 Å². The summed E-state index contributed by atoms with van der Waals surface area (Å²) in [4.78, 5) is 0. The molecular weight excluding hydrogens is 179 g/mol. The SMILES string of the molecule is Cn1[c-]cnn1.[CH3-].[Y]. The summed E-state index contributed by atoms with van der Waals surface area (Å²) in [6.45, 7) is 0. The predicted octanol–water partition coefficient (Wildman–Crippen LogP) is 0.0631. The van der Waals surface area contributed by atoms with E-state index in [0.29, 0.717) is 0 Å². The summed E-state index contributed by atoms with van der Waals surface area (Å²) < 4.78 is 1.51. The van der Waals surface area contributed by atoms with E-state index in [1.54, 1.807) is 7.05 Å². The monoisotopic (exact) mass is 186 g/mol. The van der Waals surface area contributed by atoms with Crippen molar-refractivity contribution in [3.05, 3.63) is 19.8 Å². The van der Waals surface area contributed by atoms with Crippen molar-refractivity contribution in [3.8, 4) is 0 Å². The molecule has 0 aliphatic carbocycles. The standard InChI is InChI=1S/C3H4N3.CH3.Y/c1-6-3-2-4-5-6;;/h2H,1H3;1H3;/q2*-1;. The number of aryl methyl sites for hydroxylation is 1. The molecule has 0 atom stereocenters. The summed E-state index contributed by atoms with van der Waals surface area (Å²) >= 11 is 0. The van der Waals surface area contributed by atoms with Gasteiger partial charge in [0.1, 0.15) is 0 Å². The molecular formula is C4H7N3Y-2. The Bertz CT molecular complexity index is 115. The van der Waals surface area contributed by atoms with E-state index in [9.17, 15) is 0 Å². The van der Waals surface area contributed by atoms with Gasteiger partial charge in [-0.1, -0.05) is 0 Å². The van der Waals surface area contributed by atoms with Crippen LogP contribution in [0, 0.1) is 13.6 Å². The van der Waals surface area contributed by atoms with Gasteiger partial charge in [0.25, 0.3) is 0 Å². The minimum Gasteiger partial charge on any atom is -0.429 e. The van der Waals surface area contributed by atoms with Gasteiger partial charge >= 0.3 is 0 Å². The van der Waals surface area contributed by atoms with Gasteiger partial charge in [0.05, 0.1) is 0 Å². The van der Waals surface area contributed by atoms with Gasteiger partial charge in [-0.15, -0.1) is 11.4 Å². The maximum Gasteiger partial charge on any atom is 0 e. The molecule has 0 aliphatic heterocycles. The molecule has 0 bridgehead atoms. The zero-order chi connectivity index (χ0) is 4.41. The molecule has 0 aliphatic rings. The molecule has 0 saturated heterocycles. The van der Waals surface area contributed by atoms with Gasteiger partial charge in [0, 0.05) is 32.7 Å². The minimum atomic E-state index is 0. The van der Waals surface area contributed by atoms with Gasteiger partial charge in [0.15, 0.2) is 0 Å². The second kappa shape index (κ2) is 5.38. The summed E-state index contributed by atoms with van der Waals surface area (Å²) in [5.74, 6) is 0. The van der Waals surface area contributed by atoms with Crippen LogP contribution in [0.15, 0.2) is 6.20 Å². The summed E-state index contributed by atoms with van der Waals surface area (Å²) in [5.41, 5.74) is 0. The number of hydrogen-bond donors (Lipinski definition) is 0. The van der Waals surface area contributed by atoms with Crippen molar-refractivity contribution < 1.29 is 32.7 Å². The molecule has 0 spiro atoms. The molecule has 8 heavy (non-hydrogen) atoms. The van der Waals surface area contributed by atoms with Gasteiger partial charge in [-0.25, -0.2) is 0 Å². The van der Waals surface area contributed by atoms with Crippen LogP contribution in [0.3, 0.4) is 0 Å². The maximum absolute atomic E-state index is 3.53. The maximum atomic E-state index is 3.53. The fraction of sp³-hybridized carbons (Fsp3) is 0.250. The molecule has 43 valence electrons. The fourth-order valence-electron chi connectivity index (χ4n) is 0.238. The second-order valence-corrected chi connectivity index (χ2v) is 0.987. The molecule has 1 aromatic rings. The van der Waals surface area contributed by atoms with Crippen LogP contribution < -0.4 is 0 Å². The summed E-state index contributed by atoms with van der Waals surface area (Å²) in [6, 6.07) is 0. The van der Waals surface area contributed by atoms with Crippen molar-refractivity contribution in [2.24, 2.45) is 7.05 Å². The normalized spacial score (nSPS) is 6.62.